The molecule has 0 radical (unpaired) electrons. The Morgan fingerprint density at radius 2 is 1.87 bits per heavy atom. The van der Waals surface area contributed by atoms with Crippen molar-refractivity contribution in [1.29, 1.82) is 0 Å². The van der Waals surface area contributed by atoms with E-state index in [9.17, 15) is 14.4 Å². The lowest BCUT2D eigenvalue weighted by Gasteiger charge is -2.22. The molecule has 1 aromatic heterocycles. The average molecular weight is 431 g/mol. The van der Waals surface area contributed by atoms with Gasteiger partial charge in [-0.05, 0) is 31.0 Å². The quantitative estimate of drug-likeness (QED) is 0.758. The lowest BCUT2D eigenvalue weighted by molar-refractivity contribution is -0.122. The van der Waals surface area contributed by atoms with Gasteiger partial charge >= 0.3 is 0 Å². The van der Waals surface area contributed by atoms with Gasteiger partial charge in [0.15, 0.2) is 0 Å². The van der Waals surface area contributed by atoms with Gasteiger partial charge in [0, 0.05) is 50.0 Å². The summed E-state index contributed by atoms with van der Waals surface area (Å²) in [5, 5.41) is 3.39. The number of pyridine rings is 1. The van der Waals surface area contributed by atoms with E-state index in [1.807, 2.05) is 25.1 Å². The molecule has 1 N–H and O–H groups in total. The summed E-state index contributed by atoms with van der Waals surface area (Å²) in [7, 11) is 0. The van der Waals surface area contributed by atoms with E-state index in [1.165, 1.54) is 10.6 Å². The van der Waals surface area contributed by atoms with Crippen molar-refractivity contribution in [3.63, 3.8) is 0 Å². The standard InChI is InChI=1S/C22H27ClN4O3/c1-2-24-20(28)16-25-10-5-11-26(13-12-25)22(30)18-8-9-21(29)27(15-18)14-17-6-3-4-7-19(17)23/h3-4,6-9,15H,2,5,10-14,16H2,1H3,(H,24,28). The molecule has 1 aliphatic rings. The Morgan fingerprint density at radius 3 is 2.63 bits per heavy atom. The second-order valence-electron chi connectivity index (χ2n) is 7.35. The Kier molecular flexibility index (Phi) is 7.65. The number of hydrogen-bond acceptors (Lipinski definition) is 4. The number of likely N-dealkylation sites (N-methyl/N-ethyl adjacent to an activating group) is 1. The molecule has 2 heterocycles. The number of nitrogens with one attached hydrogen (secondary N) is 1. The Bertz CT molecular complexity index is 959. The van der Waals surface area contributed by atoms with E-state index in [0.717, 1.165) is 18.5 Å². The van der Waals surface area contributed by atoms with Crippen LogP contribution in [0, 0.1) is 0 Å². The fourth-order valence-electron chi connectivity index (χ4n) is 3.56. The first-order valence-electron chi connectivity index (χ1n) is 10.2. The van der Waals surface area contributed by atoms with E-state index in [-0.39, 0.29) is 17.4 Å². The van der Waals surface area contributed by atoms with Crippen molar-refractivity contribution >= 4 is 23.4 Å². The molecule has 3 rings (SSSR count). The van der Waals surface area contributed by atoms with Crippen molar-refractivity contribution in [3.05, 3.63) is 69.1 Å². The third-order valence-corrected chi connectivity index (χ3v) is 5.51. The summed E-state index contributed by atoms with van der Waals surface area (Å²) in [6.07, 6.45) is 2.40. The molecule has 7 nitrogen and oxygen atoms in total. The first-order chi connectivity index (χ1) is 14.5. The predicted octanol–water partition coefficient (Wildman–Crippen LogP) is 1.83. The second kappa shape index (κ2) is 10.4. The van der Waals surface area contributed by atoms with Gasteiger partial charge in [0.05, 0.1) is 18.7 Å². The Hall–Kier alpha value is -2.64. The Morgan fingerprint density at radius 1 is 1.07 bits per heavy atom. The van der Waals surface area contributed by atoms with E-state index in [4.69, 9.17) is 11.6 Å². The van der Waals surface area contributed by atoms with Crippen molar-refractivity contribution in [2.45, 2.75) is 19.9 Å². The molecule has 0 atom stereocenters. The van der Waals surface area contributed by atoms with Crippen molar-refractivity contribution in [3.8, 4) is 0 Å². The minimum absolute atomic E-state index is 0.00363. The van der Waals surface area contributed by atoms with Gasteiger partial charge in [-0.2, -0.15) is 0 Å². The van der Waals surface area contributed by atoms with Gasteiger partial charge in [-0.3, -0.25) is 19.3 Å². The van der Waals surface area contributed by atoms with Crippen LogP contribution in [0.1, 0.15) is 29.3 Å². The third kappa shape index (κ3) is 5.70. The summed E-state index contributed by atoms with van der Waals surface area (Å²) in [5.74, 6) is -0.105. The molecule has 30 heavy (non-hydrogen) atoms. The molecule has 2 amide bonds. The molecule has 160 valence electrons. The van der Waals surface area contributed by atoms with Gasteiger partial charge in [0.2, 0.25) is 5.91 Å². The highest BCUT2D eigenvalue weighted by molar-refractivity contribution is 6.31. The van der Waals surface area contributed by atoms with Crippen LogP contribution in [0.2, 0.25) is 5.02 Å². The number of amides is 2. The van der Waals surface area contributed by atoms with Crippen LogP contribution in [-0.2, 0) is 11.3 Å². The number of rotatable bonds is 6. The monoisotopic (exact) mass is 430 g/mol. The number of carbonyl (C=O) groups is 2. The van der Waals surface area contributed by atoms with Crippen LogP contribution in [0.3, 0.4) is 0 Å². The summed E-state index contributed by atoms with van der Waals surface area (Å²) in [5.41, 5.74) is 1.11. The lowest BCUT2D eigenvalue weighted by Crippen LogP contribution is -2.40. The summed E-state index contributed by atoms with van der Waals surface area (Å²) < 4.78 is 1.51. The van der Waals surface area contributed by atoms with Gasteiger partial charge in [0.1, 0.15) is 0 Å². The zero-order valence-corrected chi connectivity index (χ0v) is 17.9. The van der Waals surface area contributed by atoms with Crippen molar-refractivity contribution in [2.75, 3.05) is 39.3 Å². The minimum Gasteiger partial charge on any atom is -0.355 e. The van der Waals surface area contributed by atoms with Crippen LogP contribution in [-0.4, -0.2) is 65.4 Å². The number of halogens is 1. The van der Waals surface area contributed by atoms with Gasteiger partial charge < -0.3 is 14.8 Å². The molecular formula is C22H27ClN4O3. The van der Waals surface area contributed by atoms with E-state index in [2.05, 4.69) is 10.2 Å². The molecule has 1 aromatic carbocycles. The number of aromatic nitrogens is 1. The molecule has 0 bridgehead atoms. The number of benzene rings is 1. The minimum atomic E-state index is -0.185. The molecule has 1 aliphatic heterocycles. The zero-order valence-electron chi connectivity index (χ0n) is 17.1. The molecule has 1 fully saturated rings. The maximum Gasteiger partial charge on any atom is 0.255 e. The van der Waals surface area contributed by atoms with E-state index < -0.39 is 0 Å². The lowest BCUT2D eigenvalue weighted by atomic mass is 10.2. The first-order valence-corrected chi connectivity index (χ1v) is 10.6. The van der Waals surface area contributed by atoms with Crippen molar-refractivity contribution < 1.29 is 9.59 Å². The van der Waals surface area contributed by atoms with Gasteiger partial charge in [-0.25, -0.2) is 0 Å². The highest BCUT2D eigenvalue weighted by Gasteiger charge is 2.22. The maximum absolute atomic E-state index is 13.1. The van der Waals surface area contributed by atoms with Crippen LogP contribution in [0.25, 0.3) is 0 Å². The smallest absolute Gasteiger partial charge is 0.255 e. The van der Waals surface area contributed by atoms with Crippen LogP contribution in [0.15, 0.2) is 47.4 Å². The number of nitrogens with zero attached hydrogens (tertiary/aromatic N) is 3. The summed E-state index contributed by atoms with van der Waals surface area (Å²) in [6, 6.07) is 10.3. The Balaban J connectivity index is 1.69. The average Bonchev–Trinajstić information content (AvgIpc) is 2.96. The molecule has 2 aromatic rings. The first kappa shape index (κ1) is 22.1. The van der Waals surface area contributed by atoms with Crippen LogP contribution in [0.4, 0.5) is 0 Å². The summed E-state index contributed by atoms with van der Waals surface area (Å²) >= 11 is 6.21. The predicted molar refractivity (Wildman–Crippen MR) is 117 cm³/mol. The fraction of sp³-hybridized carbons (Fsp3) is 0.409. The fourth-order valence-corrected chi connectivity index (χ4v) is 3.76. The zero-order chi connectivity index (χ0) is 21.5. The largest absolute Gasteiger partial charge is 0.355 e. The van der Waals surface area contributed by atoms with Crippen molar-refractivity contribution in [1.82, 2.24) is 19.7 Å². The molecule has 0 unspecified atom stereocenters. The van der Waals surface area contributed by atoms with Crippen LogP contribution < -0.4 is 10.9 Å². The molecule has 0 aliphatic carbocycles. The molecule has 1 saturated heterocycles. The highest BCUT2D eigenvalue weighted by atomic mass is 35.5. The van der Waals surface area contributed by atoms with Gasteiger partial charge in [-0.15, -0.1) is 0 Å². The highest BCUT2D eigenvalue weighted by Crippen LogP contribution is 2.16. The van der Waals surface area contributed by atoms with E-state index >= 15 is 0 Å². The molecular weight excluding hydrogens is 404 g/mol. The van der Waals surface area contributed by atoms with E-state index in [0.29, 0.717) is 49.9 Å². The molecule has 8 heteroatoms. The number of hydrogen-bond donors (Lipinski definition) is 1. The van der Waals surface area contributed by atoms with Crippen LogP contribution >= 0.6 is 11.6 Å². The van der Waals surface area contributed by atoms with Crippen LogP contribution in [0.5, 0.6) is 0 Å². The topological polar surface area (TPSA) is 74.7 Å². The Labute approximate surface area is 181 Å². The summed E-state index contributed by atoms with van der Waals surface area (Å²) in [6.45, 7) is 5.73. The molecule has 0 spiro atoms. The molecule has 0 saturated carbocycles. The third-order valence-electron chi connectivity index (χ3n) is 5.15. The normalized spacial score (nSPS) is 14.9. The van der Waals surface area contributed by atoms with E-state index in [1.54, 1.807) is 23.2 Å². The van der Waals surface area contributed by atoms with Gasteiger partial charge in [-0.1, -0.05) is 29.8 Å². The summed E-state index contributed by atoms with van der Waals surface area (Å²) in [4.78, 5) is 41.0. The maximum atomic E-state index is 13.1. The SMILES string of the molecule is CCNC(=O)CN1CCCN(C(=O)c2ccc(=O)n(Cc3ccccc3Cl)c2)CC1. The number of carbonyl (C=O) groups excluding carboxylic acids is 2. The second-order valence-corrected chi connectivity index (χ2v) is 7.76. The van der Waals surface area contributed by atoms with Crippen molar-refractivity contribution in [2.24, 2.45) is 0 Å². The van der Waals surface area contributed by atoms with Gasteiger partial charge in [0.25, 0.3) is 11.5 Å².